The molecule has 0 saturated carbocycles. The van der Waals surface area contributed by atoms with Crippen molar-refractivity contribution in [1.29, 1.82) is 0 Å². The number of hydrogen-bond donors (Lipinski definition) is 1. The van der Waals surface area contributed by atoms with Crippen molar-refractivity contribution in [2.75, 3.05) is 11.4 Å². The molecule has 4 nitrogen and oxygen atoms in total. The molecule has 2 amide bonds. The van der Waals surface area contributed by atoms with Crippen LogP contribution < -0.4 is 10.2 Å². The zero-order chi connectivity index (χ0) is 15.1. The van der Waals surface area contributed by atoms with Crippen LogP contribution in [-0.2, 0) is 9.59 Å². The number of nitrogens with zero attached hydrogens (tertiary/aromatic N) is 1. The molecular weight excluding hydrogens is 252 g/mol. The summed E-state index contributed by atoms with van der Waals surface area (Å²) in [7, 11) is 0. The minimum Gasteiger partial charge on any atom is -0.342 e. The van der Waals surface area contributed by atoms with Crippen molar-refractivity contribution < 1.29 is 9.59 Å². The Labute approximate surface area is 120 Å². The number of hydrogen-bond acceptors (Lipinski definition) is 2. The van der Waals surface area contributed by atoms with Gasteiger partial charge >= 0.3 is 0 Å². The van der Waals surface area contributed by atoms with E-state index in [1.807, 2.05) is 52.8 Å². The summed E-state index contributed by atoms with van der Waals surface area (Å²) in [5, 5.41) is 2.81. The van der Waals surface area contributed by atoms with Crippen LogP contribution in [0.4, 0.5) is 5.69 Å². The number of amides is 2. The second-order valence-corrected chi connectivity index (χ2v) is 6.51. The first-order valence-corrected chi connectivity index (χ1v) is 6.89. The molecule has 1 fully saturated rings. The lowest BCUT2D eigenvalue weighted by atomic mass is 9.84. The lowest BCUT2D eigenvalue weighted by Gasteiger charge is -2.39. The van der Waals surface area contributed by atoms with E-state index in [2.05, 4.69) is 5.32 Å². The van der Waals surface area contributed by atoms with Crippen molar-refractivity contribution in [3.8, 4) is 0 Å². The van der Waals surface area contributed by atoms with Crippen LogP contribution in [0.25, 0.3) is 0 Å². The maximum Gasteiger partial charge on any atom is 0.250 e. The smallest absolute Gasteiger partial charge is 0.250 e. The Morgan fingerprint density at radius 3 is 2.45 bits per heavy atom. The molecule has 0 aliphatic carbocycles. The fraction of sp³-hybridized carbons (Fsp3) is 0.500. The van der Waals surface area contributed by atoms with Crippen molar-refractivity contribution in [2.45, 2.75) is 40.7 Å². The standard InChI is InChI=1S/C16H22N2O2/c1-10-7-6-8-12(11(10)2)18-9-13(19)17-14(15(18)20)16(3,4)5/h6-8,14H,9H2,1-5H3,(H,17,19). The van der Waals surface area contributed by atoms with Crippen LogP contribution >= 0.6 is 0 Å². The Bertz CT molecular complexity index is 558. The third kappa shape index (κ3) is 2.55. The number of anilines is 1. The molecule has 0 radical (unpaired) electrons. The minimum absolute atomic E-state index is 0.0363. The second kappa shape index (κ2) is 4.93. The number of piperazine rings is 1. The molecule has 1 aliphatic heterocycles. The SMILES string of the molecule is Cc1cccc(N2CC(=O)NC(C(C)(C)C)C2=O)c1C. The third-order valence-corrected chi connectivity index (χ3v) is 3.85. The Morgan fingerprint density at radius 1 is 1.20 bits per heavy atom. The number of nitrogens with one attached hydrogen (secondary N) is 1. The van der Waals surface area contributed by atoms with E-state index in [0.29, 0.717) is 0 Å². The largest absolute Gasteiger partial charge is 0.342 e. The van der Waals surface area contributed by atoms with Crippen LogP contribution in [-0.4, -0.2) is 24.4 Å². The Balaban J connectivity index is 2.43. The van der Waals surface area contributed by atoms with Crippen molar-refractivity contribution in [1.82, 2.24) is 5.32 Å². The molecule has 1 saturated heterocycles. The molecular formula is C16H22N2O2. The molecule has 2 rings (SSSR count). The van der Waals surface area contributed by atoms with Gasteiger partial charge in [0.25, 0.3) is 5.91 Å². The molecule has 1 aliphatic rings. The topological polar surface area (TPSA) is 49.4 Å². The first-order chi connectivity index (χ1) is 9.21. The van der Waals surface area contributed by atoms with Gasteiger partial charge in [-0.3, -0.25) is 9.59 Å². The van der Waals surface area contributed by atoms with Gasteiger partial charge in [-0.1, -0.05) is 32.9 Å². The van der Waals surface area contributed by atoms with E-state index in [9.17, 15) is 9.59 Å². The fourth-order valence-corrected chi connectivity index (χ4v) is 2.46. The van der Waals surface area contributed by atoms with E-state index < -0.39 is 6.04 Å². The van der Waals surface area contributed by atoms with E-state index >= 15 is 0 Å². The van der Waals surface area contributed by atoms with Gasteiger partial charge in [0.1, 0.15) is 12.6 Å². The zero-order valence-corrected chi connectivity index (χ0v) is 12.8. The monoisotopic (exact) mass is 274 g/mol. The number of benzene rings is 1. The van der Waals surface area contributed by atoms with E-state index in [0.717, 1.165) is 16.8 Å². The predicted octanol–water partition coefficient (Wildman–Crippen LogP) is 2.18. The van der Waals surface area contributed by atoms with Gasteiger partial charge in [0, 0.05) is 5.69 Å². The van der Waals surface area contributed by atoms with E-state index in [4.69, 9.17) is 0 Å². The minimum atomic E-state index is -0.483. The summed E-state index contributed by atoms with van der Waals surface area (Å²) in [6.45, 7) is 9.97. The summed E-state index contributed by atoms with van der Waals surface area (Å²) in [6, 6.07) is 5.35. The first kappa shape index (κ1) is 14.6. The highest BCUT2D eigenvalue weighted by Crippen LogP contribution is 2.29. The van der Waals surface area contributed by atoms with Crippen LogP contribution in [0.2, 0.25) is 0 Å². The molecule has 1 atom stereocenters. The van der Waals surface area contributed by atoms with Gasteiger partial charge in [-0.2, -0.15) is 0 Å². The molecule has 1 N–H and O–H groups in total. The van der Waals surface area contributed by atoms with Gasteiger partial charge in [-0.05, 0) is 36.5 Å². The van der Waals surface area contributed by atoms with Crippen molar-refractivity contribution in [2.24, 2.45) is 5.41 Å². The Kier molecular flexibility index (Phi) is 3.59. The summed E-state index contributed by atoms with van der Waals surface area (Å²) in [5.41, 5.74) is 2.69. The fourth-order valence-electron chi connectivity index (χ4n) is 2.46. The lowest BCUT2D eigenvalue weighted by molar-refractivity contribution is -0.133. The maximum atomic E-state index is 12.7. The number of aryl methyl sites for hydroxylation is 1. The van der Waals surface area contributed by atoms with Gasteiger partial charge in [0.2, 0.25) is 5.91 Å². The highest BCUT2D eigenvalue weighted by atomic mass is 16.2. The van der Waals surface area contributed by atoms with E-state index in [-0.39, 0.29) is 23.8 Å². The highest BCUT2D eigenvalue weighted by Gasteiger charge is 2.40. The summed E-state index contributed by atoms with van der Waals surface area (Å²) in [4.78, 5) is 26.2. The van der Waals surface area contributed by atoms with Crippen molar-refractivity contribution >= 4 is 17.5 Å². The molecule has 1 aromatic rings. The first-order valence-electron chi connectivity index (χ1n) is 6.89. The second-order valence-electron chi connectivity index (χ2n) is 6.51. The van der Waals surface area contributed by atoms with Crippen LogP contribution in [0.15, 0.2) is 18.2 Å². The van der Waals surface area contributed by atoms with Crippen LogP contribution in [0, 0.1) is 19.3 Å². The summed E-state index contributed by atoms with van der Waals surface area (Å²) < 4.78 is 0. The highest BCUT2D eigenvalue weighted by molar-refractivity contribution is 6.07. The zero-order valence-electron chi connectivity index (χ0n) is 12.8. The molecule has 108 valence electrons. The molecule has 1 aromatic carbocycles. The third-order valence-electron chi connectivity index (χ3n) is 3.85. The normalized spacial score (nSPS) is 20.1. The Hall–Kier alpha value is -1.84. The average molecular weight is 274 g/mol. The van der Waals surface area contributed by atoms with E-state index in [1.165, 1.54) is 0 Å². The van der Waals surface area contributed by atoms with Gasteiger partial charge < -0.3 is 10.2 Å². The summed E-state index contributed by atoms with van der Waals surface area (Å²) in [6.07, 6.45) is 0. The predicted molar refractivity (Wildman–Crippen MR) is 79.7 cm³/mol. The summed E-state index contributed by atoms with van der Waals surface area (Å²) in [5.74, 6) is -0.142. The van der Waals surface area contributed by atoms with Gasteiger partial charge in [-0.15, -0.1) is 0 Å². The molecule has 0 bridgehead atoms. The molecule has 4 heteroatoms. The molecule has 0 spiro atoms. The number of carbonyl (C=O) groups is 2. The molecule has 1 heterocycles. The van der Waals surface area contributed by atoms with E-state index in [1.54, 1.807) is 4.90 Å². The maximum absolute atomic E-state index is 12.7. The lowest BCUT2D eigenvalue weighted by Crippen LogP contribution is -2.62. The van der Waals surface area contributed by atoms with Gasteiger partial charge in [0.05, 0.1) is 0 Å². The Morgan fingerprint density at radius 2 is 1.85 bits per heavy atom. The van der Waals surface area contributed by atoms with Crippen LogP contribution in [0.3, 0.4) is 0 Å². The quantitative estimate of drug-likeness (QED) is 0.853. The summed E-state index contributed by atoms with van der Waals surface area (Å²) >= 11 is 0. The van der Waals surface area contributed by atoms with Gasteiger partial charge in [-0.25, -0.2) is 0 Å². The van der Waals surface area contributed by atoms with Crippen molar-refractivity contribution in [3.05, 3.63) is 29.3 Å². The number of carbonyl (C=O) groups excluding carboxylic acids is 2. The molecule has 1 unspecified atom stereocenters. The molecule has 0 aromatic heterocycles. The van der Waals surface area contributed by atoms with Crippen LogP contribution in [0.1, 0.15) is 31.9 Å². The van der Waals surface area contributed by atoms with Crippen LogP contribution in [0.5, 0.6) is 0 Å². The molecule has 20 heavy (non-hydrogen) atoms. The average Bonchev–Trinajstić information content (AvgIpc) is 2.34. The van der Waals surface area contributed by atoms with Crippen molar-refractivity contribution in [3.63, 3.8) is 0 Å². The number of rotatable bonds is 1. The van der Waals surface area contributed by atoms with Gasteiger partial charge in [0.15, 0.2) is 0 Å².